The average molecular weight is 322 g/mol. The molecule has 0 aliphatic rings. The lowest BCUT2D eigenvalue weighted by atomic mass is 10.1. The molecule has 1 heterocycles. The summed E-state index contributed by atoms with van der Waals surface area (Å²) in [6, 6.07) is 7.44. The molecule has 0 amide bonds. The zero-order chi connectivity index (χ0) is 15.9. The standard InChI is InChI=1S/C20H39NSi/c1-3-5-7-9-11-15-19-22(21-17-13-14-18-21)20-16-12-10-8-6-4-2/h13-14,17-18,22H,3-12,15-16,19-20H2,1-2H3. The van der Waals surface area contributed by atoms with E-state index in [4.69, 9.17) is 0 Å². The lowest BCUT2D eigenvalue weighted by Gasteiger charge is -2.17. The largest absolute Gasteiger partial charge is 0.383 e. The van der Waals surface area contributed by atoms with Crippen molar-refractivity contribution in [2.45, 2.75) is 103 Å². The lowest BCUT2D eigenvalue weighted by molar-refractivity contribution is 0.615. The summed E-state index contributed by atoms with van der Waals surface area (Å²) < 4.78 is 2.60. The minimum Gasteiger partial charge on any atom is -0.383 e. The second kappa shape index (κ2) is 14.1. The van der Waals surface area contributed by atoms with Crippen LogP contribution in [0.2, 0.25) is 12.1 Å². The van der Waals surface area contributed by atoms with E-state index in [9.17, 15) is 0 Å². The van der Waals surface area contributed by atoms with Gasteiger partial charge >= 0.3 is 0 Å². The van der Waals surface area contributed by atoms with Gasteiger partial charge in [0.15, 0.2) is 0 Å². The van der Waals surface area contributed by atoms with E-state index in [0.29, 0.717) is 0 Å². The molecule has 0 aliphatic carbocycles. The van der Waals surface area contributed by atoms with Gasteiger partial charge in [0, 0.05) is 0 Å². The van der Waals surface area contributed by atoms with Crippen LogP contribution in [0.1, 0.15) is 90.9 Å². The monoisotopic (exact) mass is 321 g/mol. The Kier molecular flexibility index (Phi) is 12.5. The van der Waals surface area contributed by atoms with Crippen LogP contribution in [0.5, 0.6) is 0 Å². The minimum atomic E-state index is -0.744. The summed E-state index contributed by atoms with van der Waals surface area (Å²) >= 11 is 0. The molecule has 22 heavy (non-hydrogen) atoms. The molecule has 0 saturated carbocycles. The molecule has 0 bridgehead atoms. The molecule has 0 atom stereocenters. The molecular weight excluding hydrogens is 282 g/mol. The number of rotatable bonds is 15. The van der Waals surface area contributed by atoms with Crippen LogP contribution in [-0.2, 0) is 0 Å². The highest BCUT2D eigenvalue weighted by Crippen LogP contribution is 2.16. The molecule has 0 spiro atoms. The van der Waals surface area contributed by atoms with Crippen LogP contribution >= 0.6 is 0 Å². The minimum absolute atomic E-state index is 0.744. The fourth-order valence-corrected chi connectivity index (χ4v) is 6.44. The third-order valence-electron chi connectivity index (χ3n) is 4.83. The number of hydrogen-bond donors (Lipinski definition) is 0. The summed E-state index contributed by atoms with van der Waals surface area (Å²) in [5, 5.41) is 0. The number of nitrogens with zero attached hydrogens (tertiary/aromatic N) is 1. The van der Waals surface area contributed by atoms with E-state index in [1.165, 1.54) is 89.1 Å². The fourth-order valence-electron chi connectivity index (χ4n) is 3.35. The van der Waals surface area contributed by atoms with Crippen molar-refractivity contribution < 1.29 is 0 Å². The molecule has 0 aromatic carbocycles. The molecule has 1 aromatic heterocycles. The van der Waals surface area contributed by atoms with Crippen molar-refractivity contribution >= 4 is 8.96 Å². The van der Waals surface area contributed by atoms with Crippen molar-refractivity contribution in [2.75, 3.05) is 0 Å². The van der Waals surface area contributed by atoms with Crippen molar-refractivity contribution in [3.8, 4) is 0 Å². The van der Waals surface area contributed by atoms with Crippen molar-refractivity contribution in [1.82, 2.24) is 4.23 Å². The first-order valence-corrected chi connectivity index (χ1v) is 12.2. The Balaban J connectivity index is 2.17. The van der Waals surface area contributed by atoms with Crippen LogP contribution in [0, 0.1) is 0 Å². The normalized spacial score (nSPS) is 11.4. The summed E-state index contributed by atoms with van der Waals surface area (Å²) in [6.07, 6.45) is 21.9. The molecule has 0 saturated heterocycles. The summed E-state index contributed by atoms with van der Waals surface area (Å²) in [5.41, 5.74) is 0. The second-order valence-electron chi connectivity index (χ2n) is 6.90. The summed E-state index contributed by atoms with van der Waals surface area (Å²) in [6.45, 7) is 4.60. The first kappa shape index (κ1) is 19.5. The van der Waals surface area contributed by atoms with Gasteiger partial charge in [0.1, 0.15) is 8.96 Å². The maximum Gasteiger partial charge on any atom is 0.145 e. The highest BCUT2D eigenvalue weighted by Gasteiger charge is 2.11. The van der Waals surface area contributed by atoms with Crippen LogP contribution < -0.4 is 0 Å². The van der Waals surface area contributed by atoms with E-state index < -0.39 is 8.96 Å². The Morgan fingerprint density at radius 2 is 1.00 bits per heavy atom. The topological polar surface area (TPSA) is 4.93 Å². The van der Waals surface area contributed by atoms with E-state index in [0.717, 1.165) is 0 Å². The second-order valence-corrected chi connectivity index (χ2v) is 9.96. The molecule has 0 unspecified atom stereocenters. The van der Waals surface area contributed by atoms with Crippen molar-refractivity contribution in [1.29, 1.82) is 0 Å². The van der Waals surface area contributed by atoms with Gasteiger partial charge in [-0.25, -0.2) is 0 Å². The van der Waals surface area contributed by atoms with Gasteiger partial charge in [-0.05, 0) is 36.6 Å². The Bertz CT molecular complexity index is 304. The number of aromatic nitrogens is 1. The SMILES string of the molecule is CCCCCCCC[SiH](CCCCCCCC)n1cccc1. The van der Waals surface area contributed by atoms with Crippen LogP contribution in [0.15, 0.2) is 24.5 Å². The highest BCUT2D eigenvalue weighted by molar-refractivity contribution is 6.57. The van der Waals surface area contributed by atoms with E-state index in [-0.39, 0.29) is 0 Å². The predicted molar refractivity (Wildman–Crippen MR) is 103 cm³/mol. The Morgan fingerprint density at radius 3 is 1.45 bits per heavy atom. The van der Waals surface area contributed by atoms with Gasteiger partial charge in [0.05, 0.1) is 0 Å². The quantitative estimate of drug-likeness (QED) is 0.248. The Hall–Kier alpha value is -0.503. The smallest absolute Gasteiger partial charge is 0.145 e. The third kappa shape index (κ3) is 9.50. The van der Waals surface area contributed by atoms with Gasteiger partial charge in [0.2, 0.25) is 0 Å². The average Bonchev–Trinajstić information content (AvgIpc) is 3.06. The molecule has 1 aromatic rings. The predicted octanol–water partition coefficient (Wildman–Crippen LogP) is 6.78. The summed E-state index contributed by atoms with van der Waals surface area (Å²) in [7, 11) is -0.744. The van der Waals surface area contributed by atoms with Crippen molar-refractivity contribution in [3.63, 3.8) is 0 Å². The maximum absolute atomic E-state index is 2.60. The van der Waals surface area contributed by atoms with Gasteiger partial charge in [-0.2, -0.15) is 0 Å². The third-order valence-corrected chi connectivity index (χ3v) is 8.17. The van der Waals surface area contributed by atoms with E-state index >= 15 is 0 Å². The zero-order valence-corrected chi connectivity index (χ0v) is 16.4. The van der Waals surface area contributed by atoms with Crippen molar-refractivity contribution in [3.05, 3.63) is 24.5 Å². The van der Waals surface area contributed by atoms with Crippen LogP contribution in [-0.4, -0.2) is 13.2 Å². The first-order valence-electron chi connectivity index (χ1n) is 10.0. The summed E-state index contributed by atoms with van der Waals surface area (Å²) in [5.74, 6) is 0. The first-order chi connectivity index (χ1) is 10.9. The van der Waals surface area contributed by atoms with Gasteiger partial charge in [-0.3, -0.25) is 0 Å². The lowest BCUT2D eigenvalue weighted by Crippen LogP contribution is -2.22. The zero-order valence-electron chi connectivity index (χ0n) is 15.2. The molecular formula is C20H39NSi. The summed E-state index contributed by atoms with van der Waals surface area (Å²) in [4.78, 5) is 0. The van der Waals surface area contributed by atoms with Gasteiger partial charge in [-0.15, -0.1) is 0 Å². The molecule has 1 rings (SSSR count). The molecule has 2 heteroatoms. The van der Waals surface area contributed by atoms with E-state index in [1.54, 1.807) is 0 Å². The van der Waals surface area contributed by atoms with E-state index in [1.807, 2.05) is 0 Å². The van der Waals surface area contributed by atoms with Crippen LogP contribution in [0.25, 0.3) is 0 Å². The molecule has 0 N–H and O–H groups in total. The molecule has 0 fully saturated rings. The molecule has 0 aliphatic heterocycles. The van der Waals surface area contributed by atoms with Gasteiger partial charge < -0.3 is 4.23 Å². The van der Waals surface area contributed by atoms with Crippen LogP contribution in [0.4, 0.5) is 0 Å². The number of unbranched alkanes of at least 4 members (excludes halogenated alkanes) is 10. The maximum atomic E-state index is 2.60. The van der Waals surface area contributed by atoms with Crippen molar-refractivity contribution in [2.24, 2.45) is 0 Å². The molecule has 1 nitrogen and oxygen atoms in total. The molecule has 128 valence electrons. The molecule has 0 radical (unpaired) electrons. The fraction of sp³-hybridized carbons (Fsp3) is 0.800. The Labute approximate surface area is 141 Å². The van der Waals surface area contributed by atoms with E-state index in [2.05, 4.69) is 42.6 Å². The van der Waals surface area contributed by atoms with Crippen LogP contribution in [0.3, 0.4) is 0 Å². The highest BCUT2D eigenvalue weighted by atomic mass is 28.3. The van der Waals surface area contributed by atoms with Gasteiger partial charge in [0.25, 0.3) is 0 Å². The number of hydrogen-bond acceptors (Lipinski definition) is 0. The van der Waals surface area contributed by atoms with Gasteiger partial charge in [-0.1, -0.05) is 90.9 Å². The Morgan fingerprint density at radius 1 is 0.591 bits per heavy atom.